The smallest absolute Gasteiger partial charge is 0.127 e. The maximum absolute atomic E-state index is 13.9. The fourth-order valence-electron chi connectivity index (χ4n) is 2.89. The summed E-state index contributed by atoms with van der Waals surface area (Å²) in [5.41, 5.74) is 7.05. The van der Waals surface area contributed by atoms with Gasteiger partial charge >= 0.3 is 0 Å². The number of hydrogen-bond donors (Lipinski definition) is 1. The van der Waals surface area contributed by atoms with Crippen molar-refractivity contribution < 1.29 is 4.39 Å². The lowest BCUT2D eigenvalue weighted by atomic mass is 10.1. The average molecular weight is 280 g/mol. The molecule has 0 spiro atoms. The average Bonchev–Trinajstić information content (AvgIpc) is 2.73. The van der Waals surface area contributed by atoms with Crippen LogP contribution in [0.25, 0.3) is 0 Å². The van der Waals surface area contributed by atoms with Crippen LogP contribution in [0.3, 0.4) is 0 Å². The number of halogens is 1. The van der Waals surface area contributed by atoms with Crippen LogP contribution in [0.2, 0.25) is 0 Å². The first-order chi connectivity index (χ1) is 9.02. The quantitative estimate of drug-likeness (QED) is 0.859. The molecule has 1 fully saturated rings. The molecule has 4 heteroatoms. The van der Waals surface area contributed by atoms with E-state index in [-0.39, 0.29) is 5.82 Å². The molecule has 1 aliphatic heterocycles. The Morgan fingerprint density at radius 2 is 2.21 bits per heavy atom. The first-order valence-electron chi connectivity index (χ1n) is 6.87. The third-order valence-electron chi connectivity index (χ3n) is 4.11. The van der Waals surface area contributed by atoms with Crippen LogP contribution in [0.1, 0.15) is 44.2 Å². The molecule has 0 aliphatic carbocycles. The van der Waals surface area contributed by atoms with Crippen molar-refractivity contribution in [3.8, 4) is 0 Å². The van der Waals surface area contributed by atoms with E-state index in [1.807, 2.05) is 0 Å². The minimum Gasteiger partial charge on any atom is -0.389 e. The molecular weight excluding hydrogens is 259 g/mol. The van der Waals surface area contributed by atoms with Crippen molar-refractivity contribution in [2.75, 3.05) is 0 Å². The van der Waals surface area contributed by atoms with Crippen molar-refractivity contribution >= 4 is 17.2 Å². The first-order valence-corrected chi connectivity index (χ1v) is 7.27. The summed E-state index contributed by atoms with van der Waals surface area (Å²) in [4.78, 5) is 2.71. The summed E-state index contributed by atoms with van der Waals surface area (Å²) in [5, 5.41) is 0. The number of rotatable bonds is 4. The Morgan fingerprint density at radius 3 is 2.84 bits per heavy atom. The molecule has 1 aromatic rings. The molecule has 2 nitrogen and oxygen atoms in total. The molecule has 19 heavy (non-hydrogen) atoms. The second kappa shape index (κ2) is 5.97. The largest absolute Gasteiger partial charge is 0.389 e. The van der Waals surface area contributed by atoms with Crippen LogP contribution in [-0.4, -0.2) is 22.0 Å². The molecular formula is C15H21FN2S. The Morgan fingerprint density at radius 1 is 1.47 bits per heavy atom. The van der Waals surface area contributed by atoms with Gasteiger partial charge in [0, 0.05) is 29.8 Å². The van der Waals surface area contributed by atoms with Crippen LogP contribution >= 0.6 is 12.2 Å². The molecule has 1 saturated heterocycles. The van der Waals surface area contributed by atoms with Crippen LogP contribution in [0.5, 0.6) is 0 Å². The Bertz CT molecular complexity index is 475. The van der Waals surface area contributed by atoms with Gasteiger partial charge in [-0.15, -0.1) is 0 Å². The van der Waals surface area contributed by atoms with Crippen molar-refractivity contribution in [2.45, 2.75) is 51.7 Å². The minimum absolute atomic E-state index is 0.172. The van der Waals surface area contributed by atoms with E-state index in [0.717, 1.165) is 12.0 Å². The Hall–Kier alpha value is -1.00. The molecule has 1 heterocycles. The normalized spacial score (nSPS) is 23.7. The molecule has 2 N–H and O–H groups in total. The van der Waals surface area contributed by atoms with Crippen molar-refractivity contribution in [3.05, 3.63) is 35.1 Å². The van der Waals surface area contributed by atoms with Gasteiger partial charge in [0.05, 0.1) is 0 Å². The number of hydrogen-bond acceptors (Lipinski definition) is 2. The molecule has 2 unspecified atom stereocenters. The molecule has 0 bridgehead atoms. The topological polar surface area (TPSA) is 29.3 Å². The van der Waals surface area contributed by atoms with E-state index >= 15 is 0 Å². The van der Waals surface area contributed by atoms with E-state index in [4.69, 9.17) is 18.0 Å². The molecule has 0 radical (unpaired) electrons. The molecule has 104 valence electrons. The predicted octanol–water partition coefficient (Wildman–Crippen LogP) is 3.22. The van der Waals surface area contributed by atoms with E-state index in [1.165, 1.54) is 18.9 Å². The van der Waals surface area contributed by atoms with E-state index < -0.39 is 0 Å². The molecule has 0 amide bonds. The number of benzene rings is 1. The lowest BCUT2D eigenvalue weighted by Crippen LogP contribution is -2.33. The van der Waals surface area contributed by atoms with Crippen LogP contribution < -0.4 is 5.73 Å². The van der Waals surface area contributed by atoms with Gasteiger partial charge in [-0.1, -0.05) is 19.1 Å². The van der Waals surface area contributed by atoms with Crippen LogP contribution in [-0.2, 0) is 6.54 Å². The van der Waals surface area contributed by atoms with E-state index in [2.05, 4.69) is 18.7 Å². The van der Waals surface area contributed by atoms with Gasteiger partial charge in [-0.3, -0.25) is 4.90 Å². The maximum Gasteiger partial charge on any atom is 0.127 e. The van der Waals surface area contributed by atoms with Crippen LogP contribution in [0, 0.1) is 5.82 Å². The van der Waals surface area contributed by atoms with E-state index in [0.29, 0.717) is 29.2 Å². The van der Waals surface area contributed by atoms with Crippen molar-refractivity contribution in [2.24, 2.45) is 5.73 Å². The minimum atomic E-state index is -0.172. The van der Waals surface area contributed by atoms with Crippen molar-refractivity contribution in [1.82, 2.24) is 4.90 Å². The summed E-state index contributed by atoms with van der Waals surface area (Å²) < 4.78 is 13.9. The van der Waals surface area contributed by atoms with Gasteiger partial charge in [-0.2, -0.15) is 0 Å². The zero-order chi connectivity index (χ0) is 14.0. The fourth-order valence-corrected chi connectivity index (χ4v) is 3.02. The lowest BCUT2D eigenvalue weighted by molar-refractivity contribution is 0.187. The van der Waals surface area contributed by atoms with Gasteiger partial charge in [0.1, 0.15) is 10.8 Å². The maximum atomic E-state index is 13.9. The van der Waals surface area contributed by atoms with Gasteiger partial charge in [0.2, 0.25) is 0 Å². The number of thiocarbonyl (C=S) groups is 1. The van der Waals surface area contributed by atoms with Gasteiger partial charge in [-0.05, 0) is 44.4 Å². The molecule has 1 aromatic carbocycles. The summed E-state index contributed by atoms with van der Waals surface area (Å²) >= 11 is 4.96. The summed E-state index contributed by atoms with van der Waals surface area (Å²) in [7, 11) is 0. The Kier molecular flexibility index (Phi) is 4.53. The van der Waals surface area contributed by atoms with Crippen LogP contribution in [0.15, 0.2) is 18.2 Å². The highest BCUT2D eigenvalue weighted by molar-refractivity contribution is 7.80. The third kappa shape index (κ3) is 3.12. The highest BCUT2D eigenvalue weighted by Crippen LogP contribution is 2.28. The van der Waals surface area contributed by atoms with Gasteiger partial charge in [0.25, 0.3) is 0 Å². The second-order valence-electron chi connectivity index (χ2n) is 5.33. The fraction of sp³-hybridized carbons (Fsp3) is 0.533. The highest BCUT2D eigenvalue weighted by atomic mass is 32.1. The van der Waals surface area contributed by atoms with E-state index in [1.54, 1.807) is 12.1 Å². The zero-order valence-electron chi connectivity index (χ0n) is 11.5. The number of nitrogens with zero attached hydrogens (tertiary/aromatic N) is 1. The molecule has 2 rings (SSSR count). The van der Waals surface area contributed by atoms with E-state index in [9.17, 15) is 4.39 Å². The number of likely N-dealkylation sites (tertiary alicyclic amines) is 1. The van der Waals surface area contributed by atoms with Gasteiger partial charge in [0.15, 0.2) is 0 Å². The van der Waals surface area contributed by atoms with Crippen LogP contribution in [0.4, 0.5) is 4.39 Å². The summed E-state index contributed by atoms with van der Waals surface area (Å²) in [6.45, 7) is 5.05. The summed E-state index contributed by atoms with van der Waals surface area (Å²) in [6.07, 6.45) is 3.50. The predicted molar refractivity (Wildman–Crippen MR) is 80.6 cm³/mol. The first kappa shape index (κ1) is 14.4. The molecule has 0 saturated carbocycles. The van der Waals surface area contributed by atoms with Gasteiger partial charge in [-0.25, -0.2) is 4.39 Å². The SMILES string of the molecule is CCC1CCC(C)N1Cc1cc(C(N)=S)ccc1F. The number of nitrogens with two attached hydrogens (primary N) is 1. The summed E-state index contributed by atoms with van der Waals surface area (Å²) in [6, 6.07) is 5.97. The van der Waals surface area contributed by atoms with Crippen molar-refractivity contribution in [1.29, 1.82) is 0 Å². The Labute approximate surface area is 119 Å². The highest BCUT2D eigenvalue weighted by Gasteiger charge is 2.29. The molecule has 1 aliphatic rings. The lowest BCUT2D eigenvalue weighted by Gasteiger charge is -2.28. The monoisotopic (exact) mass is 280 g/mol. The van der Waals surface area contributed by atoms with Gasteiger partial charge < -0.3 is 5.73 Å². The third-order valence-corrected chi connectivity index (χ3v) is 4.34. The molecule has 2 atom stereocenters. The summed E-state index contributed by atoms with van der Waals surface area (Å²) in [5.74, 6) is -0.172. The zero-order valence-corrected chi connectivity index (χ0v) is 12.3. The standard InChI is InChI=1S/C15H21FN2S/c1-3-13-6-4-10(2)18(13)9-12-8-11(15(17)19)5-7-14(12)16/h5,7-8,10,13H,3-4,6,9H2,1-2H3,(H2,17,19). The molecule has 0 aromatic heterocycles. The second-order valence-corrected chi connectivity index (χ2v) is 5.77. The Balaban J connectivity index is 2.22. The van der Waals surface area contributed by atoms with Crippen molar-refractivity contribution in [3.63, 3.8) is 0 Å².